The Morgan fingerprint density at radius 1 is 0.423 bits per heavy atom. The van der Waals surface area contributed by atoms with Crippen LogP contribution in [-0.2, 0) is 0 Å². The molecule has 5 heteroatoms. The van der Waals surface area contributed by atoms with Gasteiger partial charge in [-0.3, -0.25) is 0 Å². The van der Waals surface area contributed by atoms with Crippen LogP contribution in [0.2, 0.25) is 0 Å². The van der Waals surface area contributed by atoms with Crippen molar-refractivity contribution in [2.75, 3.05) is 0 Å². The summed E-state index contributed by atoms with van der Waals surface area (Å²) in [4.78, 5) is 10.2. The lowest BCUT2D eigenvalue weighted by Crippen LogP contribution is -2.01. The number of para-hydroxylation sites is 3. The SMILES string of the molecule is N#Cc1c(-c2ccccc2)nc(-c2ccc3c(c2)c2ccc4c(c5ccccc5n4-c4ccccc4)c2n3-c2ccccc2)nc1-c1ccccc1. The molecule has 10 aromatic rings. The van der Waals surface area contributed by atoms with Gasteiger partial charge in [-0.05, 0) is 54.6 Å². The van der Waals surface area contributed by atoms with E-state index in [2.05, 4.69) is 130 Å². The summed E-state index contributed by atoms with van der Waals surface area (Å²) >= 11 is 0. The van der Waals surface area contributed by atoms with Crippen LogP contribution in [0.5, 0.6) is 0 Å². The topological polar surface area (TPSA) is 59.4 Å². The Morgan fingerprint density at radius 3 is 1.56 bits per heavy atom. The maximum atomic E-state index is 10.5. The molecule has 0 saturated carbocycles. The van der Waals surface area contributed by atoms with E-state index in [0.717, 1.165) is 60.9 Å². The summed E-state index contributed by atoms with van der Waals surface area (Å²) < 4.78 is 4.76. The van der Waals surface area contributed by atoms with Crippen molar-refractivity contribution in [1.29, 1.82) is 5.26 Å². The van der Waals surface area contributed by atoms with Crippen molar-refractivity contribution < 1.29 is 0 Å². The molecule has 0 aliphatic rings. The lowest BCUT2D eigenvalue weighted by Gasteiger charge is -2.12. The fourth-order valence-corrected chi connectivity index (χ4v) is 7.70. The van der Waals surface area contributed by atoms with Gasteiger partial charge in [0.15, 0.2) is 5.82 Å². The Bertz CT molecular complexity index is 2930. The highest BCUT2D eigenvalue weighted by Gasteiger charge is 2.23. The molecule has 5 nitrogen and oxygen atoms in total. The van der Waals surface area contributed by atoms with Crippen LogP contribution < -0.4 is 0 Å². The molecule has 10 rings (SSSR count). The highest BCUT2D eigenvalue weighted by atomic mass is 15.0. The average molecular weight is 664 g/mol. The standard InChI is InChI=1S/C47H29N5/c48-30-39-44(31-15-5-1-6-16-31)49-47(50-45(39)32-17-7-2-8-18-32)33-25-27-41-38(29-33)36-26-28-42-43(46(36)52(41)35-21-11-4-12-22-35)37-23-13-14-24-40(37)51(42)34-19-9-3-10-20-34/h1-29H. The molecule has 0 aliphatic heterocycles. The minimum absolute atomic E-state index is 0.458. The van der Waals surface area contributed by atoms with Gasteiger partial charge in [-0.1, -0.05) is 121 Å². The maximum absolute atomic E-state index is 10.5. The first-order valence-electron chi connectivity index (χ1n) is 17.3. The van der Waals surface area contributed by atoms with Crippen LogP contribution in [0.25, 0.3) is 88.9 Å². The number of hydrogen-bond acceptors (Lipinski definition) is 3. The van der Waals surface area contributed by atoms with E-state index >= 15 is 0 Å². The maximum Gasteiger partial charge on any atom is 0.160 e. The zero-order chi connectivity index (χ0) is 34.6. The second-order valence-electron chi connectivity index (χ2n) is 12.9. The summed E-state index contributed by atoms with van der Waals surface area (Å²) in [5.74, 6) is 0.570. The molecule has 0 unspecified atom stereocenters. The zero-order valence-electron chi connectivity index (χ0n) is 28.0. The first-order chi connectivity index (χ1) is 25.8. The molecule has 0 N–H and O–H groups in total. The molecule has 0 aliphatic carbocycles. The monoisotopic (exact) mass is 663 g/mol. The van der Waals surface area contributed by atoms with E-state index < -0.39 is 0 Å². The Morgan fingerprint density at radius 2 is 0.942 bits per heavy atom. The molecule has 3 aromatic heterocycles. The van der Waals surface area contributed by atoms with Crippen molar-refractivity contribution in [3.8, 4) is 51.3 Å². The third-order valence-electron chi connectivity index (χ3n) is 9.96. The highest BCUT2D eigenvalue weighted by Crippen LogP contribution is 2.43. The lowest BCUT2D eigenvalue weighted by molar-refractivity contribution is 1.16. The largest absolute Gasteiger partial charge is 0.309 e. The molecular weight excluding hydrogens is 635 g/mol. The number of aromatic nitrogens is 4. The van der Waals surface area contributed by atoms with Crippen molar-refractivity contribution in [3.05, 3.63) is 181 Å². The quantitative estimate of drug-likeness (QED) is 0.184. The van der Waals surface area contributed by atoms with Crippen molar-refractivity contribution in [2.45, 2.75) is 0 Å². The number of fused-ring (bicyclic) bond motifs is 7. The van der Waals surface area contributed by atoms with Gasteiger partial charge in [0.05, 0.1) is 33.5 Å². The summed E-state index contributed by atoms with van der Waals surface area (Å²) in [6.07, 6.45) is 0. The average Bonchev–Trinajstić information content (AvgIpc) is 3.74. The summed E-state index contributed by atoms with van der Waals surface area (Å²) in [5.41, 5.74) is 11.1. The number of nitriles is 1. The highest BCUT2D eigenvalue weighted by molar-refractivity contribution is 6.26. The molecule has 0 spiro atoms. The molecule has 0 atom stereocenters. The fourth-order valence-electron chi connectivity index (χ4n) is 7.70. The summed E-state index contributed by atoms with van der Waals surface area (Å²) in [6.45, 7) is 0. The number of rotatable bonds is 5. The molecule has 0 amide bonds. The molecule has 0 bridgehead atoms. The van der Waals surface area contributed by atoms with Crippen molar-refractivity contribution in [1.82, 2.24) is 19.1 Å². The molecule has 7 aromatic carbocycles. The van der Waals surface area contributed by atoms with Gasteiger partial charge in [0.1, 0.15) is 11.6 Å². The Hall–Kier alpha value is -7.29. The fraction of sp³-hybridized carbons (Fsp3) is 0. The molecule has 0 radical (unpaired) electrons. The van der Waals surface area contributed by atoms with E-state index in [4.69, 9.17) is 9.97 Å². The Kier molecular flexibility index (Phi) is 6.80. The summed E-state index contributed by atoms with van der Waals surface area (Å²) in [7, 11) is 0. The minimum Gasteiger partial charge on any atom is -0.309 e. The van der Waals surface area contributed by atoms with Crippen LogP contribution in [0.1, 0.15) is 5.56 Å². The second kappa shape index (κ2) is 11.9. The first kappa shape index (κ1) is 29.6. The molecule has 52 heavy (non-hydrogen) atoms. The molecule has 242 valence electrons. The van der Waals surface area contributed by atoms with Gasteiger partial charge in [0.2, 0.25) is 0 Å². The smallest absolute Gasteiger partial charge is 0.160 e. The number of benzene rings is 7. The van der Waals surface area contributed by atoms with Crippen LogP contribution in [0, 0.1) is 11.3 Å². The summed E-state index contributed by atoms with van der Waals surface area (Å²) in [6, 6.07) is 63.1. The zero-order valence-corrected chi connectivity index (χ0v) is 28.0. The normalized spacial score (nSPS) is 11.4. The second-order valence-corrected chi connectivity index (χ2v) is 12.9. The third kappa shape index (κ3) is 4.56. The van der Waals surface area contributed by atoms with Crippen LogP contribution in [-0.4, -0.2) is 19.1 Å². The lowest BCUT2D eigenvalue weighted by atomic mass is 10.00. The predicted octanol–water partition coefficient (Wildman–Crippen LogP) is 11.5. The van der Waals surface area contributed by atoms with E-state index in [1.165, 1.54) is 10.8 Å². The van der Waals surface area contributed by atoms with Crippen molar-refractivity contribution in [2.24, 2.45) is 0 Å². The van der Waals surface area contributed by atoms with Gasteiger partial charge in [-0.25, -0.2) is 9.97 Å². The van der Waals surface area contributed by atoms with Crippen LogP contribution in [0.4, 0.5) is 0 Å². The third-order valence-corrected chi connectivity index (χ3v) is 9.96. The first-order valence-corrected chi connectivity index (χ1v) is 17.3. The van der Waals surface area contributed by atoms with E-state index in [9.17, 15) is 5.26 Å². The van der Waals surface area contributed by atoms with Gasteiger partial charge in [0, 0.05) is 49.6 Å². The van der Waals surface area contributed by atoms with Gasteiger partial charge in [0.25, 0.3) is 0 Å². The van der Waals surface area contributed by atoms with Gasteiger partial charge < -0.3 is 9.13 Å². The Balaban J connectivity index is 1.30. The van der Waals surface area contributed by atoms with Crippen LogP contribution in [0.15, 0.2) is 176 Å². The van der Waals surface area contributed by atoms with Crippen molar-refractivity contribution in [3.63, 3.8) is 0 Å². The van der Waals surface area contributed by atoms with Gasteiger partial charge in [-0.2, -0.15) is 5.26 Å². The van der Waals surface area contributed by atoms with Crippen molar-refractivity contribution >= 4 is 43.6 Å². The van der Waals surface area contributed by atoms with Crippen LogP contribution >= 0.6 is 0 Å². The Labute approximate surface area is 299 Å². The molecule has 3 heterocycles. The van der Waals surface area contributed by atoms with Gasteiger partial charge in [-0.15, -0.1) is 0 Å². The van der Waals surface area contributed by atoms with E-state index in [1.54, 1.807) is 0 Å². The minimum atomic E-state index is 0.458. The number of nitrogens with zero attached hydrogens (tertiary/aromatic N) is 5. The molecule has 0 fully saturated rings. The van der Waals surface area contributed by atoms with Crippen LogP contribution in [0.3, 0.4) is 0 Å². The van der Waals surface area contributed by atoms with E-state index in [0.29, 0.717) is 22.8 Å². The molecule has 0 saturated heterocycles. The molecular formula is C47H29N5. The van der Waals surface area contributed by atoms with Gasteiger partial charge >= 0.3 is 0 Å². The number of hydrogen-bond donors (Lipinski definition) is 0. The predicted molar refractivity (Wildman–Crippen MR) is 212 cm³/mol. The van der Waals surface area contributed by atoms with E-state index in [-0.39, 0.29) is 0 Å². The summed E-state index contributed by atoms with van der Waals surface area (Å²) in [5, 5.41) is 15.1. The van der Waals surface area contributed by atoms with E-state index in [1.807, 2.05) is 60.7 Å².